The molecule has 1 aliphatic carbocycles. The van der Waals surface area contributed by atoms with Crippen molar-refractivity contribution in [3.63, 3.8) is 0 Å². The normalized spacial score (nSPS) is 44.8. The first kappa shape index (κ1) is 9.49. The Labute approximate surface area is 90.8 Å². The molecule has 0 aromatic rings. The van der Waals surface area contributed by atoms with Crippen LogP contribution in [0.3, 0.4) is 0 Å². The molecular weight excluding hydrogens is 192 g/mol. The van der Waals surface area contributed by atoms with E-state index in [-0.39, 0.29) is 0 Å². The van der Waals surface area contributed by atoms with Crippen molar-refractivity contribution in [2.75, 3.05) is 25.4 Å². The molecule has 0 aromatic carbocycles. The van der Waals surface area contributed by atoms with E-state index in [0.29, 0.717) is 4.87 Å². The highest BCUT2D eigenvalue weighted by Gasteiger charge is 2.44. The van der Waals surface area contributed by atoms with Gasteiger partial charge in [0.2, 0.25) is 0 Å². The van der Waals surface area contributed by atoms with E-state index in [1.807, 2.05) is 0 Å². The van der Waals surface area contributed by atoms with Crippen LogP contribution in [0, 0.1) is 5.92 Å². The third kappa shape index (κ3) is 1.70. The van der Waals surface area contributed by atoms with Crippen LogP contribution in [0.25, 0.3) is 0 Å². The summed E-state index contributed by atoms with van der Waals surface area (Å²) in [5.41, 5.74) is 0. The first-order valence-electron chi connectivity index (χ1n) is 5.90. The molecule has 2 nitrogen and oxygen atoms in total. The number of hydrogen-bond acceptors (Lipinski definition) is 3. The molecule has 0 amide bonds. The van der Waals surface area contributed by atoms with Gasteiger partial charge >= 0.3 is 0 Å². The van der Waals surface area contributed by atoms with Crippen molar-refractivity contribution >= 4 is 11.8 Å². The second-order valence-corrected chi connectivity index (χ2v) is 6.65. The molecule has 1 saturated carbocycles. The lowest BCUT2D eigenvalue weighted by molar-refractivity contribution is 0.306. The van der Waals surface area contributed by atoms with Crippen molar-refractivity contribution in [1.82, 2.24) is 10.2 Å². The maximum absolute atomic E-state index is 3.78. The molecule has 3 heteroatoms. The lowest BCUT2D eigenvalue weighted by Gasteiger charge is -2.37. The minimum absolute atomic E-state index is 0.440. The zero-order chi connectivity index (χ0) is 9.60. The molecule has 2 atom stereocenters. The molecule has 1 N–H and O–H groups in total. The third-order valence-corrected chi connectivity index (χ3v) is 5.51. The average Bonchev–Trinajstić information content (AvgIpc) is 2.96. The molecule has 2 saturated heterocycles. The Bertz CT molecular complexity index is 219. The van der Waals surface area contributed by atoms with Crippen molar-refractivity contribution in [3.8, 4) is 0 Å². The minimum Gasteiger partial charge on any atom is -0.301 e. The van der Waals surface area contributed by atoms with Crippen LogP contribution in [0.4, 0.5) is 0 Å². The standard InChI is InChI=1S/C11H20N2S/c1-9-6-12-11(14-7-9)4-5-13(8-11)10-2-3-10/h9-10,12H,2-8H2,1H3. The summed E-state index contributed by atoms with van der Waals surface area (Å²) in [5.74, 6) is 2.21. The summed E-state index contributed by atoms with van der Waals surface area (Å²) in [4.78, 5) is 3.14. The molecule has 14 heavy (non-hydrogen) atoms. The van der Waals surface area contributed by atoms with Crippen molar-refractivity contribution in [2.24, 2.45) is 5.92 Å². The largest absolute Gasteiger partial charge is 0.301 e. The van der Waals surface area contributed by atoms with Crippen molar-refractivity contribution in [1.29, 1.82) is 0 Å². The summed E-state index contributed by atoms with van der Waals surface area (Å²) >= 11 is 2.18. The van der Waals surface area contributed by atoms with Gasteiger partial charge < -0.3 is 5.32 Å². The van der Waals surface area contributed by atoms with E-state index in [4.69, 9.17) is 0 Å². The molecule has 80 valence electrons. The van der Waals surface area contributed by atoms with Crippen LogP contribution >= 0.6 is 11.8 Å². The molecule has 0 aromatic heterocycles. The first-order valence-corrected chi connectivity index (χ1v) is 6.89. The molecule has 1 spiro atoms. The topological polar surface area (TPSA) is 15.3 Å². The Hall–Kier alpha value is 0.270. The molecule has 3 aliphatic rings. The molecule has 2 heterocycles. The van der Waals surface area contributed by atoms with E-state index in [1.54, 1.807) is 0 Å². The van der Waals surface area contributed by atoms with Gasteiger partial charge in [-0.1, -0.05) is 6.92 Å². The van der Waals surface area contributed by atoms with Gasteiger partial charge in [-0.2, -0.15) is 0 Å². The van der Waals surface area contributed by atoms with Crippen LogP contribution in [0.1, 0.15) is 26.2 Å². The van der Waals surface area contributed by atoms with Crippen LogP contribution in [-0.4, -0.2) is 41.2 Å². The minimum atomic E-state index is 0.440. The maximum atomic E-state index is 3.78. The van der Waals surface area contributed by atoms with E-state index in [2.05, 4.69) is 28.9 Å². The van der Waals surface area contributed by atoms with E-state index in [9.17, 15) is 0 Å². The molecule has 0 radical (unpaired) electrons. The lowest BCUT2D eigenvalue weighted by Crippen LogP contribution is -2.50. The lowest BCUT2D eigenvalue weighted by atomic mass is 10.1. The SMILES string of the molecule is CC1CNC2(CCN(C3CC3)C2)SC1. The summed E-state index contributed by atoms with van der Waals surface area (Å²) in [6, 6.07) is 0.955. The van der Waals surface area contributed by atoms with Crippen molar-refractivity contribution < 1.29 is 0 Å². The van der Waals surface area contributed by atoms with Gasteiger partial charge in [0.05, 0.1) is 4.87 Å². The summed E-state index contributed by atoms with van der Waals surface area (Å²) in [6.07, 6.45) is 4.27. The van der Waals surface area contributed by atoms with E-state index in [0.717, 1.165) is 12.0 Å². The predicted octanol–water partition coefficient (Wildman–Crippen LogP) is 1.52. The van der Waals surface area contributed by atoms with Gasteiger partial charge in [0, 0.05) is 19.1 Å². The fourth-order valence-electron chi connectivity index (χ4n) is 2.60. The highest BCUT2D eigenvalue weighted by Crippen LogP contribution is 2.40. The van der Waals surface area contributed by atoms with Gasteiger partial charge in [0.15, 0.2) is 0 Å². The summed E-state index contributed by atoms with van der Waals surface area (Å²) < 4.78 is 0. The Balaban J connectivity index is 1.62. The smallest absolute Gasteiger partial charge is 0.0786 e. The first-order chi connectivity index (χ1) is 6.77. The van der Waals surface area contributed by atoms with E-state index < -0.39 is 0 Å². The summed E-state index contributed by atoms with van der Waals surface area (Å²) in [5, 5.41) is 3.78. The monoisotopic (exact) mass is 212 g/mol. The Kier molecular flexibility index (Phi) is 2.30. The van der Waals surface area contributed by atoms with Crippen LogP contribution in [0.15, 0.2) is 0 Å². The van der Waals surface area contributed by atoms with E-state index in [1.165, 1.54) is 44.6 Å². The zero-order valence-electron chi connectivity index (χ0n) is 8.96. The fraction of sp³-hybridized carbons (Fsp3) is 1.00. The Morgan fingerprint density at radius 2 is 2.29 bits per heavy atom. The molecule has 0 bridgehead atoms. The predicted molar refractivity (Wildman–Crippen MR) is 61.6 cm³/mol. The summed E-state index contributed by atoms with van der Waals surface area (Å²) in [6.45, 7) is 6.21. The average molecular weight is 212 g/mol. The van der Waals surface area contributed by atoms with Gasteiger partial charge in [0.1, 0.15) is 0 Å². The van der Waals surface area contributed by atoms with Crippen molar-refractivity contribution in [3.05, 3.63) is 0 Å². The number of thioether (sulfide) groups is 1. The van der Waals surface area contributed by atoms with Crippen LogP contribution < -0.4 is 5.32 Å². The Morgan fingerprint density at radius 3 is 2.93 bits per heavy atom. The molecule has 2 unspecified atom stereocenters. The van der Waals surface area contributed by atoms with E-state index >= 15 is 0 Å². The number of likely N-dealkylation sites (tertiary alicyclic amines) is 1. The Morgan fingerprint density at radius 1 is 1.43 bits per heavy atom. The number of nitrogens with zero attached hydrogens (tertiary/aromatic N) is 1. The molecular formula is C11H20N2S. The second kappa shape index (κ2) is 3.39. The molecule has 3 fully saturated rings. The number of rotatable bonds is 1. The second-order valence-electron chi connectivity index (χ2n) is 5.24. The van der Waals surface area contributed by atoms with Crippen LogP contribution in [-0.2, 0) is 0 Å². The highest BCUT2D eigenvalue weighted by atomic mass is 32.2. The van der Waals surface area contributed by atoms with Gasteiger partial charge in [-0.25, -0.2) is 0 Å². The number of nitrogens with one attached hydrogen (secondary N) is 1. The zero-order valence-corrected chi connectivity index (χ0v) is 9.78. The van der Waals surface area contributed by atoms with Gasteiger partial charge in [0.25, 0.3) is 0 Å². The third-order valence-electron chi connectivity index (χ3n) is 3.74. The fourth-order valence-corrected chi connectivity index (χ4v) is 4.00. The van der Waals surface area contributed by atoms with Crippen molar-refractivity contribution in [2.45, 2.75) is 37.1 Å². The molecule has 2 aliphatic heterocycles. The van der Waals surface area contributed by atoms with Crippen LogP contribution in [0.5, 0.6) is 0 Å². The summed E-state index contributed by atoms with van der Waals surface area (Å²) in [7, 11) is 0. The highest BCUT2D eigenvalue weighted by molar-refractivity contribution is 8.00. The maximum Gasteiger partial charge on any atom is 0.0786 e. The van der Waals surface area contributed by atoms with Gasteiger partial charge in [-0.05, 0) is 37.5 Å². The van der Waals surface area contributed by atoms with Crippen LogP contribution in [0.2, 0.25) is 0 Å². The van der Waals surface area contributed by atoms with Gasteiger partial charge in [-0.15, -0.1) is 11.8 Å². The molecule has 3 rings (SSSR count). The quantitative estimate of drug-likeness (QED) is 0.709. The van der Waals surface area contributed by atoms with Gasteiger partial charge in [-0.3, -0.25) is 4.90 Å². The number of hydrogen-bond donors (Lipinski definition) is 1.